The van der Waals surface area contributed by atoms with E-state index in [2.05, 4.69) is 42.8 Å². The van der Waals surface area contributed by atoms with E-state index in [1.54, 1.807) is 0 Å². The summed E-state index contributed by atoms with van der Waals surface area (Å²) in [5, 5.41) is 0. The summed E-state index contributed by atoms with van der Waals surface area (Å²) in [6, 6.07) is 8.79. The summed E-state index contributed by atoms with van der Waals surface area (Å²) < 4.78 is 0. The second-order valence-corrected chi connectivity index (χ2v) is 3.99. The Morgan fingerprint density at radius 2 is 2.07 bits per heavy atom. The first-order valence-electron chi connectivity index (χ1n) is 5.05. The summed E-state index contributed by atoms with van der Waals surface area (Å²) in [7, 11) is 0. The zero-order valence-electron chi connectivity index (χ0n) is 8.61. The summed E-state index contributed by atoms with van der Waals surface area (Å²) in [5.41, 5.74) is 2.99. The second kappa shape index (κ2) is 4.54. The van der Waals surface area contributed by atoms with Gasteiger partial charge in [-0.25, -0.2) is 0 Å². The van der Waals surface area contributed by atoms with E-state index in [1.807, 2.05) is 0 Å². The first-order valence-corrected chi connectivity index (χ1v) is 5.05. The predicted octanol–water partition coefficient (Wildman–Crippen LogP) is 0.306. The van der Waals surface area contributed by atoms with Gasteiger partial charge in [-0.1, -0.05) is 30.6 Å². The van der Waals surface area contributed by atoms with Gasteiger partial charge in [0.2, 0.25) is 0 Å². The molecule has 2 atom stereocenters. The van der Waals surface area contributed by atoms with Crippen LogP contribution in [-0.4, -0.2) is 0 Å². The van der Waals surface area contributed by atoms with Gasteiger partial charge in [-0.05, 0) is 12.3 Å². The minimum atomic E-state index is 0. The van der Waals surface area contributed by atoms with Crippen molar-refractivity contribution in [2.45, 2.75) is 18.8 Å². The first-order chi connectivity index (χ1) is 6.45. The third-order valence-electron chi connectivity index (χ3n) is 3.22. The topological polar surface area (TPSA) is 0 Å². The molecular weight excluding hydrogens is 195 g/mol. The maximum atomic E-state index is 2.45. The van der Waals surface area contributed by atoms with Crippen LogP contribution in [0.2, 0.25) is 0 Å². The fraction of sp³-hybridized carbons (Fsp3) is 0.308. The maximum absolute atomic E-state index is 2.45. The molecule has 2 aliphatic carbocycles. The van der Waals surface area contributed by atoms with Crippen molar-refractivity contribution in [3.63, 3.8) is 0 Å². The largest absolute Gasteiger partial charge is 1.00 e. The van der Waals surface area contributed by atoms with E-state index >= 15 is 0 Å². The van der Waals surface area contributed by atoms with Gasteiger partial charge in [0.15, 0.2) is 0 Å². The van der Waals surface area contributed by atoms with E-state index in [9.17, 15) is 0 Å². The van der Waals surface area contributed by atoms with Crippen LogP contribution < -0.4 is 51.4 Å². The van der Waals surface area contributed by atoms with Crippen LogP contribution in [0.4, 0.5) is 0 Å². The second-order valence-electron chi connectivity index (χ2n) is 3.99. The van der Waals surface area contributed by atoms with Crippen LogP contribution in [0.5, 0.6) is 0 Å². The molecule has 14 heavy (non-hydrogen) atoms. The van der Waals surface area contributed by atoms with Crippen LogP contribution >= 0.6 is 0 Å². The Hall–Kier alpha value is 0.466. The molecule has 1 aromatic rings. The fourth-order valence-corrected chi connectivity index (χ4v) is 2.57. The Morgan fingerprint density at radius 3 is 3.00 bits per heavy atom. The molecule has 0 aliphatic heterocycles. The van der Waals surface area contributed by atoms with Gasteiger partial charge in [-0.3, -0.25) is 0 Å². The van der Waals surface area contributed by atoms with Crippen molar-refractivity contribution in [2.75, 3.05) is 0 Å². The molecule has 0 saturated carbocycles. The van der Waals surface area contributed by atoms with Crippen LogP contribution in [0, 0.1) is 12.3 Å². The molecule has 0 aromatic heterocycles. The summed E-state index contributed by atoms with van der Waals surface area (Å²) in [6.45, 7) is 0. The Morgan fingerprint density at radius 1 is 1.21 bits per heavy atom. The molecule has 0 amide bonds. The molecule has 0 spiro atoms. The molecule has 0 N–H and O–H groups in total. The van der Waals surface area contributed by atoms with Gasteiger partial charge in [0.1, 0.15) is 0 Å². The van der Waals surface area contributed by atoms with Crippen molar-refractivity contribution in [3.8, 4) is 0 Å². The standard InChI is InChI=1S/C13H13.K/c1-3-7-12-10(5-1)9-11-6-2-4-8-13(11)12;/h1,3-5,7-9,11,13H,2,6H2;/q-1;+1. The van der Waals surface area contributed by atoms with Crippen LogP contribution in [-0.2, 0) is 0 Å². The van der Waals surface area contributed by atoms with E-state index in [-0.39, 0.29) is 51.4 Å². The van der Waals surface area contributed by atoms with Crippen LogP contribution in [0.15, 0.2) is 36.4 Å². The third-order valence-corrected chi connectivity index (χ3v) is 3.22. The van der Waals surface area contributed by atoms with E-state index in [0.29, 0.717) is 5.92 Å². The summed E-state index contributed by atoms with van der Waals surface area (Å²) in [5.74, 6) is 1.47. The fourth-order valence-electron chi connectivity index (χ4n) is 2.57. The zero-order valence-corrected chi connectivity index (χ0v) is 11.7. The predicted molar refractivity (Wildman–Crippen MR) is 54.4 cm³/mol. The number of benzene rings is 1. The van der Waals surface area contributed by atoms with Crippen LogP contribution in [0.1, 0.15) is 29.9 Å². The smallest absolute Gasteiger partial charge is 0.188 e. The normalized spacial score (nSPS) is 27.1. The number of hydrogen-bond acceptors (Lipinski definition) is 0. The molecule has 0 saturated heterocycles. The molecule has 0 fully saturated rings. The van der Waals surface area contributed by atoms with Gasteiger partial charge < -0.3 is 0 Å². The zero-order chi connectivity index (χ0) is 8.67. The van der Waals surface area contributed by atoms with Gasteiger partial charge in [0.25, 0.3) is 0 Å². The number of rotatable bonds is 0. The maximum Gasteiger partial charge on any atom is 1.00 e. The molecule has 1 heteroatoms. The van der Waals surface area contributed by atoms with Gasteiger partial charge in [0.05, 0.1) is 0 Å². The Bertz CT molecular complexity index is 354. The van der Waals surface area contributed by atoms with E-state index in [0.717, 1.165) is 5.92 Å². The summed E-state index contributed by atoms with van der Waals surface area (Å²) in [6.07, 6.45) is 9.75. The van der Waals surface area contributed by atoms with Crippen LogP contribution in [0.25, 0.3) is 0 Å². The minimum Gasteiger partial charge on any atom is -0.188 e. The molecule has 66 valence electrons. The van der Waals surface area contributed by atoms with Gasteiger partial charge in [0, 0.05) is 0 Å². The summed E-state index contributed by atoms with van der Waals surface area (Å²) in [4.78, 5) is 0. The molecule has 0 heterocycles. The molecule has 2 unspecified atom stereocenters. The number of fused-ring (bicyclic) bond motifs is 3. The molecular formula is C13H13K. The van der Waals surface area contributed by atoms with Crippen molar-refractivity contribution in [2.24, 2.45) is 5.92 Å². The number of hydrogen-bond donors (Lipinski definition) is 0. The molecule has 2 aliphatic rings. The number of allylic oxidation sites excluding steroid dienone is 2. The Kier molecular flexibility index (Phi) is 3.56. The van der Waals surface area contributed by atoms with E-state index in [1.165, 1.54) is 24.0 Å². The first kappa shape index (κ1) is 11.0. The van der Waals surface area contributed by atoms with Crippen molar-refractivity contribution >= 4 is 0 Å². The van der Waals surface area contributed by atoms with Crippen molar-refractivity contribution in [1.29, 1.82) is 0 Å². The molecule has 3 rings (SSSR count). The van der Waals surface area contributed by atoms with E-state index < -0.39 is 0 Å². The molecule has 1 aromatic carbocycles. The molecule has 0 bridgehead atoms. The van der Waals surface area contributed by atoms with Crippen LogP contribution in [0.3, 0.4) is 0 Å². The average molecular weight is 208 g/mol. The van der Waals surface area contributed by atoms with Gasteiger partial charge >= 0.3 is 51.4 Å². The quantitative estimate of drug-likeness (QED) is 0.327. The van der Waals surface area contributed by atoms with E-state index in [4.69, 9.17) is 0 Å². The van der Waals surface area contributed by atoms with Gasteiger partial charge in [-0.2, -0.15) is 18.1 Å². The van der Waals surface area contributed by atoms with Crippen molar-refractivity contribution in [3.05, 3.63) is 54.0 Å². The van der Waals surface area contributed by atoms with Crippen molar-refractivity contribution < 1.29 is 51.4 Å². The van der Waals surface area contributed by atoms with Crippen molar-refractivity contribution in [1.82, 2.24) is 0 Å². The molecule has 0 nitrogen and oxygen atoms in total. The minimum absolute atomic E-state index is 0. The monoisotopic (exact) mass is 208 g/mol. The SMILES string of the molecule is C1=CC2c3ccccc3[CH-]C2CC1.[K+]. The average Bonchev–Trinajstić information content (AvgIpc) is 2.56. The third kappa shape index (κ3) is 1.77. The molecule has 0 radical (unpaired) electrons. The summed E-state index contributed by atoms with van der Waals surface area (Å²) >= 11 is 0. The Labute approximate surface area is 128 Å². The van der Waals surface area contributed by atoms with Gasteiger partial charge in [-0.15, -0.1) is 17.7 Å². The Balaban J connectivity index is 0.000000750.